The van der Waals surface area contributed by atoms with Crippen LogP contribution in [-0.4, -0.2) is 39.4 Å². The largest absolute Gasteiger partial charge is 0.377 e. The second-order valence-electron chi connectivity index (χ2n) is 8.23. The molecule has 0 fully saturated rings. The number of benzene rings is 3. The number of anilines is 3. The number of nitrogens with one attached hydrogen (secondary N) is 2. The lowest BCUT2D eigenvalue weighted by atomic mass is 10.1. The molecule has 0 radical (unpaired) electrons. The molecule has 36 heavy (non-hydrogen) atoms. The molecular formula is C25H27F3N4O3S. The summed E-state index contributed by atoms with van der Waals surface area (Å²) in [7, 11) is -0.329. The summed E-state index contributed by atoms with van der Waals surface area (Å²) in [6.45, 7) is 2.05. The molecule has 0 aliphatic heterocycles. The fourth-order valence-electron chi connectivity index (χ4n) is 3.58. The standard InChI is InChI=1S/C25H27F3N4O3S/c1-4-13-32(36(34,35)21-9-5-18(26)6-10-21)16-17-14-20(8-12-24(17)31(2)3)29-25(33)30-23-11-7-19(27)15-22(23)28/h5-12,14-15H,4,13,16H2,1-3H3,(H2,29,30,33). The molecule has 0 spiro atoms. The van der Waals surface area contributed by atoms with Crippen molar-refractivity contribution in [1.82, 2.24) is 4.31 Å². The van der Waals surface area contributed by atoms with Gasteiger partial charge in [0.25, 0.3) is 0 Å². The summed E-state index contributed by atoms with van der Waals surface area (Å²) in [5, 5.41) is 4.90. The molecule has 0 saturated carbocycles. The normalized spacial score (nSPS) is 11.4. The Balaban J connectivity index is 1.87. The average Bonchev–Trinajstić information content (AvgIpc) is 2.81. The maximum Gasteiger partial charge on any atom is 0.323 e. The quantitative estimate of drug-likeness (QED) is 0.395. The van der Waals surface area contributed by atoms with E-state index in [1.165, 1.54) is 16.4 Å². The summed E-state index contributed by atoms with van der Waals surface area (Å²) in [6.07, 6.45) is 0.543. The molecule has 0 saturated heterocycles. The lowest BCUT2D eigenvalue weighted by molar-refractivity contribution is 0.262. The number of sulfonamides is 1. The molecule has 2 N–H and O–H groups in total. The molecule has 0 bridgehead atoms. The van der Waals surface area contributed by atoms with Crippen LogP contribution < -0.4 is 15.5 Å². The Morgan fingerprint density at radius 1 is 0.889 bits per heavy atom. The smallest absolute Gasteiger partial charge is 0.323 e. The van der Waals surface area contributed by atoms with Crippen molar-refractivity contribution in [3.05, 3.63) is 83.7 Å². The second kappa shape index (κ2) is 11.4. The summed E-state index contributed by atoms with van der Waals surface area (Å²) in [6, 6.07) is 11.6. The number of rotatable bonds is 9. The van der Waals surface area contributed by atoms with E-state index in [-0.39, 0.29) is 23.7 Å². The Labute approximate surface area is 208 Å². The van der Waals surface area contributed by atoms with Crippen molar-refractivity contribution in [1.29, 1.82) is 0 Å². The van der Waals surface area contributed by atoms with Crippen LogP contribution in [-0.2, 0) is 16.6 Å². The highest BCUT2D eigenvalue weighted by molar-refractivity contribution is 7.89. The van der Waals surface area contributed by atoms with Crippen molar-refractivity contribution in [2.45, 2.75) is 24.8 Å². The van der Waals surface area contributed by atoms with Gasteiger partial charge in [-0.25, -0.2) is 26.4 Å². The van der Waals surface area contributed by atoms with Crippen LogP contribution >= 0.6 is 0 Å². The molecule has 0 atom stereocenters. The van der Waals surface area contributed by atoms with Crippen LogP contribution in [0.15, 0.2) is 65.6 Å². The van der Waals surface area contributed by atoms with Crippen molar-refractivity contribution in [2.75, 3.05) is 36.2 Å². The zero-order valence-electron chi connectivity index (χ0n) is 20.1. The van der Waals surface area contributed by atoms with E-state index in [0.29, 0.717) is 23.7 Å². The number of hydrogen-bond acceptors (Lipinski definition) is 4. The Morgan fingerprint density at radius 2 is 1.56 bits per heavy atom. The van der Waals surface area contributed by atoms with Crippen LogP contribution in [0.5, 0.6) is 0 Å². The van der Waals surface area contributed by atoms with Crippen molar-refractivity contribution < 1.29 is 26.4 Å². The second-order valence-corrected chi connectivity index (χ2v) is 10.2. The Hall–Kier alpha value is -3.57. The van der Waals surface area contributed by atoms with Crippen LogP contribution in [0, 0.1) is 17.5 Å². The average molecular weight is 521 g/mol. The molecule has 3 aromatic rings. The third-order valence-electron chi connectivity index (χ3n) is 5.27. The minimum atomic E-state index is -3.93. The first-order valence-electron chi connectivity index (χ1n) is 11.1. The number of nitrogens with zero attached hydrogens (tertiary/aromatic N) is 2. The first-order chi connectivity index (χ1) is 17.0. The number of hydrogen-bond donors (Lipinski definition) is 2. The molecule has 11 heteroatoms. The number of carbonyl (C=O) groups is 1. The molecule has 0 aliphatic carbocycles. The van der Waals surface area contributed by atoms with Gasteiger partial charge in [0, 0.05) is 44.6 Å². The maximum atomic E-state index is 13.9. The SMILES string of the molecule is CCCN(Cc1cc(NC(=O)Nc2ccc(F)cc2F)ccc1N(C)C)S(=O)(=O)c1ccc(F)cc1. The van der Waals surface area contributed by atoms with Crippen LogP contribution in [0.3, 0.4) is 0 Å². The highest BCUT2D eigenvalue weighted by atomic mass is 32.2. The minimum absolute atomic E-state index is 0.00913. The molecule has 3 aromatic carbocycles. The van der Waals surface area contributed by atoms with E-state index in [1.807, 2.05) is 11.8 Å². The molecule has 3 rings (SSSR count). The van der Waals surface area contributed by atoms with Crippen molar-refractivity contribution >= 4 is 33.1 Å². The first kappa shape index (κ1) is 27.0. The van der Waals surface area contributed by atoms with Crippen LogP contribution in [0.4, 0.5) is 35.0 Å². The molecule has 0 unspecified atom stereocenters. The Morgan fingerprint density at radius 3 is 2.17 bits per heavy atom. The van der Waals surface area contributed by atoms with Crippen molar-refractivity contribution in [3.8, 4) is 0 Å². The predicted molar refractivity (Wildman–Crippen MR) is 134 cm³/mol. The summed E-state index contributed by atoms with van der Waals surface area (Å²) in [4.78, 5) is 14.2. The molecule has 192 valence electrons. The van der Waals surface area contributed by atoms with Crippen LogP contribution in [0.1, 0.15) is 18.9 Å². The van der Waals surface area contributed by atoms with Gasteiger partial charge >= 0.3 is 6.03 Å². The van der Waals surface area contributed by atoms with E-state index in [4.69, 9.17) is 0 Å². The highest BCUT2D eigenvalue weighted by Crippen LogP contribution is 2.27. The monoisotopic (exact) mass is 520 g/mol. The third kappa shape index (κ3) is 6.55. The lowest BCUT2D eigenvalue weighted by Crippen LogP contribution is -2.32. The van der Waals surface area contributed by atoms with Gasteiger partial charge in [0.2, 0.25) is 10.0 Å². The zero-order chi connectivity index (χ0) is 26.5. The third-order valence-corrected chi connectivity index (χ3v) is 7.13. The fraction of sp³-hybridized carbons (Fsp3) is 0.240. The summed E-state index contributed by atoms with van der Waals surface area (Å²) < 4.78 is 68.2. The van der Waals surface area contributed by atoms with E-state index in [2.05, 4.69) is 10.6 Å². The minimum Gasteiger partial charge on any atom is -0.377 e. The van der Waals surface area contributed by atoms with E-state index in [0.717, 1.165) is 30.0 Å². The maximum absolute atomic E-state index is 13.9. The first-order valence-corrected chi connectivity index (χ1v) is 12.5. The van der Waals surface area contributed by atoms with E-state index >= 15 is 0 Å². The highest BCUT2D eigenvalue weighted by Gasteiger charge is 2.25. The molecule has 7 nitrogen and oxygen atoms in total. The molecular weight excluding hydrogens is 493 g/mol. The summed E-state index contributed by atoms with van der Waals surface area (Å²) in [5.74, 6) is -2.23. The number of carbonyl (C=O) groups excluding carboxylic acids is 1. The zero-order valence-corrected chi connectivity index (χ0v) is 20.9. The van der Waals surface area contributed by atoms with Gasteiger partial charge < -0.3 is 15.5 Å². The van der Waals surface area contributed by atoms with Gasteiger partial charge in [-0.2, -0.15) is 4.31 Å². The summed E-state index contributed by atoms with van der Waals surface area (Å²) >= 11 is 0. The van der Waals surface area contributed by atoms with Gasteiger partial charge in [-0.3, -0.25) is 0 Å². The van der Waals surface area contributed by atoms with Gasteiger partial charge in [0.05, 0.1) is 10.6 Å². The van der Waals surface area contributed by atoms with Crippen molar-refractivity contribution in [3.63, 3.8) is 0 Å². The van der Waals surface area contributed by atoms with Gasteiger partial charge in [-0.05, 0) is 66.6 Å². The van der Waals surface area contributed by atoms with Gasteiger partial charge in [0.1, 0.15) is 17.5 Å². The Bertz CT molecular complexity index is 1330. The molecule has 0 heterocycles. The van der Waals surface area contributed by atoms with E-state index in [9.17, 15) is 26.4 Å². The number of amides is 2. The van der Waals surface area contributed by atoms with Crippen molar-refractivity contribution in [2.24, 2.45) is 0 Å². The Kier molecular flexibility index (Phi) is 8.59. The van der Waals surface area contributed by atoms with E-state index < -0.39 is 33.5 Å². The van der Waals surface area contributed by atoms with Crippen LogP contribution in [0.25, 0.3) is 0 Å². The molecule has 0 aliphatic rings. The predicted octanol–water partition coefficient (Wildman–Crippen LogP) is 5.41. The van der Waals surface area contributed by atoms with Gasteiger partial charge in [-0.1, -0.05) is 6.92 Å². The molecule has 0 aromatic heterocycles. The van der Waals surface area contributed by atoms with E-state index in [1.54, 1.807) is 32.3 Å². The van der Waals surface area contributed by atoms with Gasteiger partial charge in [0.15, 0.2) is 0 Å². The number of halogens is 3. The topological polar surface area (TPSA) is 81.8 Å². The lowest BCUT2D eigenvalue weighted by Gasteiger charge is -2.25. The van der Waals surface area contributed by atoms with Gasteiger partial charge in [-0.15, -0.1) is 0 Å². The molecule has 2 amide bonds. The number of urea groups is 1. The summed E-state index contributed by atoms with van der Waals surface area (Å²) in [5.41, 5.74) is 1.47. The van der Waals surface area contributed by atoms with Crippen LogP contribution in [0.2, 0.25) is 0 Å². The fourth-order valence-corrected chi connectivity index (χ4v) is 5.09.